The number of nitrogens with zero attached hydrogens (tertiary/aromatic N) is 3. The minimum atomic E-state index is -0.171. The van der Waals surface area contributed by atoms with E-state index in [1.54, 1.807) is 24.0 Å². The van der Waals surface area contributed by atoms with Crippen LogP contribution in [0.2, 0.25) is 0 Å². The van der Waals surface area contributed by atoms with Crippen molar-refractivity contribution in [1.29, 1.82) is 0 Å². The summed E-state index contributed by atoms with van der Waals surface area (Å²) in [5, 5.41) is 0.986. The van der Waals surface area contributed by atoms with Crippen LogP contribution in [0.15, 0.2) is 53.7 Å². The van der Waals surface area contributed by atoms with Gasteiger partial charge < -0.3 is 4.90 Å². The van der Waals surface area contributed by atoms with Gasteiger partial charge in [-0.2, -0.15) is 0 Å². The van der Waals surface area contributed by atoms with Gasteiger partial charge in [0.2, 0.25) is 0 Å². The van der Waals surface area contributed by atoms with E-state index in [-0.39, 0.29) is 5.82 Å². The van der Waals surface area contributed by atoms with Crippen LogP contribution in [0.5, 0.6) is 0 Å². The van der Waals surface area contributed by atoms with Crippen LogP contribution in [0.25, 0.3) is 0 Å². The molecule has 0 unspecified atom stereocenters. The molecule has 0 radical (unpaired) electrons. The second kappa shape index (κ2) is 7.40. The maximum Gasteiger partial charge on any atom is 0.159 e. The van der Waals surface area contributed by atoms with E-state index < -0.39 is 0 Å². The third-order valence-corrected chi connectivity index (χ3v) is 4.59. The molecule has 0 N–H and O–H groups in total. The molecule has 0 saturated carbocycles. The van der Waals surface area contributed by atoms with Gasteiger partial charge in [0.25, 0.3) is 0 Å². The monoisotopic (exact) mass is 315 g/mol. The standard InChI is InChI=1S/C17H18FN3S/c18-16-8-2-1-6-14(16)12-21(17-20-10-5-11-22-17)13-15-7-3-4-9-19-15/h1-4,6-9H,5,10-13H2. The minimum Gasteiger partial charge on any atom is -0.341 e. The lowest BCUT2D eigenvalue weighted by Crippen LogP contribution is -2.30. The smallest absolute Gasteiger partial charge is 0.159 e. The van der Waals surface area contributed by atoms with Gasteiger partial charge in [-0.25, -0.2) is 4.39 Å². The molecule has 0 bridgehead atoms. The summed E-state index contributed by atoms with van der Waals surface area (Å²) in [4.78, 5) is 11.1. The Hall–Kier alpha value is -1.88. The van der Waals surface area contributed by atoms with Crippen LogP contribution in [0.4, 0.5) is 4.39 Å². The van der Waals surface area contributed by atoms with E-state index in [1.807, 2.05) is 30.3 Å². The van der Waals surface area contributed by atoms with Gasteiger partial charge in [0.1, 0.15) is 5.82 Å². The van der Waals surface area contributed by atoms with E-state index >= 15 is 0 Å². The third kappa shape index (κ3) is 3.85. The molecule has 0 atom stereocenters. The van der Waals surface area contributed by atoms with E-state index in [2.05, 4.69) is 14.9 Å². The summed E-state index contributed by atoms with van der Waals surface area (Å²) in [5.74, 6) is 0.893. The van der Waals surface area contributed by atoms with Gasteiger partial charge >= 0.3 is 0 Å². The van der Waals surface area contributed by atoms with Gasteiger partial charge in [-0.1, -0.05) is 36.0 Å². The highest BCUT2D eigenvalue weighted by Crippen LogP contribution is 2.21. The zero-order valence-corrected chi connectivity index (χ0v) is 13.1. The Balaban J connectivity index is 1.82. The van der Waals surface area contributed by atoms with Crippen LogP contribution in [0, 0.1) is 5.82 Å². The first-order valence-electron chi connectivity index (χ1n) is 7.38. The van der Waals surface area contributed by atoms with Crippen LogP contribution in [-0.2, 0) is 13.1 Å². The molecular formula is C17H18FN3S. The fourth-order valence-electron chi connectivity index (χ4n) is 2.35. The van der Waals surface area contributed by atoms with Crippen LogP contribution >= 0.6 is 11.8 Å². The summed E-state index contributed by atoms with van der Waals surface area (Å²) in [6, 6.07) is 12.8. The van der Waals surface area contributed by atoms with Crippen molar-refractivity contribution in [2.45, 2.75) is 19.5 Å². The lowest BCUT2D eigenvalue weighted by molar-refractivity contribution is 0.397. The fourth-order valence-corrected chi connectivity index (χ4v) is 3.30. The Kier molecular flexibility index (Phi) is 5.06. The number of rotatable bonds is 4. The number of amidine groups is 1. The number of pyridine rings is 1. The summed E-state index contributed by atoms with van der Waals surface area (Å²) in [6.45, 7) is 1.99. The number of aliphatic imine (C=N–C) groups is 1. The molecule has 3 nitrogen and oxygen atoms in total. The predicted octanol–water partition coefficient (Wildman–Crippen LogP) is 3.72. The molecule has 5 heteroatoms. The number of halogens is 1. The average molecular weight is 315 g/mol. The summed E-state index contributed by atoms with van der Waals surface area (Å²) in [5.41, 5.74) is 1.65. The molecule has 1 aliphatic rings. The molecule has 0 spiro atoms. The molecule has 2 heterocycles. The number of benzene rings is 1. The van der Waals surface area contributed by atoms with Crippen molar-refractivity contribution in [2.24, 2.45) is 4.99 Å². The molecule has 22 heavy (non-hydrogen) atoms. The molecule has 1 aromatic carbocycles. The maximum absolute atomic E-state index is 14.0. The van der Waals surface area contributed by atoms with Gasteiger partial charge in [0.05, 0.1) is 12.2 Å². The van der Waals surface area contributed by atoms with Crippen LogP contribution in [0.3, 0.4) is 0 Å². The van der Waals surface area contributed by atoms with E-state index in [4.69, 9.17) is 0 Å². The summed E-state index contributed by atoms with van der Waals surface area (Å²) < 4.78 is 14.0. The van der Waals surface area contributed by atoms with Gasteiger partial charge in [-0.05, 0) is 24.6 Å². The highest BCUT2D eigenvalue weighted by molar-refractivity contribution is 8.13. The number of hydrogen-bond acceptors (Lipinski definition) is 4. The third-order valence-electron chi connectivity index (χ3n) is 3.45. The second-order valence-electron chi connectivity index (χ2n) is 5.13. The number of thioether (sulfide) groups is 1. The zero-order valence-electron chi connectivity index (χ0n) is 12.3. The van der Waals surface area contributed by atoms with E-state index in [1.165, 1.54) is 6.07 Å². The Bertz CT molecular complexity index is 645. The van der Waals surface area contributed by atoms with Crippen molar-refractivity contribution >= 4 is 16.9 Å². The number of hydrogen-bond donors (Lipinski definition) is 0. The molecule has 2 aromatic rings. The van der Waals surface area contributed by atoms with Gasteiger partial charge in [0.15, 0.2) is 5.17 Å². The molecule has 0 saturated heterocycles. The van der Waals surface area contributed by atoms with Crippen molar-refractivity contribution < 1.29 is 4.39 Å². The summed E-state index contributed by atoms with van der Waals surface area (Å²) in [6.07, 6.45) is 2.89. The SMILES string of the molecule is Fc1ccccc1CN(Cc1ccccn1)C1=NCCCS1. The maximum atomic E-state index is 14.0. The molecular weight excluding hydrogens is 297 g/mol. The van der Waals surface area contributed by atoms with E-state index in [9.17, 15) is 4.39 Å². The van der Waals surface area contributed by atoms with Gasteiger partial charge in [0, 0.05) is 30.6 Å². The lowest BCUT2D eigenvalue weighted by atomic mass is 10.2. The van der Waals surface area contributed by atoms with Crippen LogP contribution in [-0.4, -0.2) is 27.3 Å². The molecule has 1 aliphatic heterocycles. The van der Waals surface area contributed by atoms with Gasteiger partial charge in [-0.15, -0.1) is 0 Å². The highest BCUT2D eigenvalue weighted by atomic mass is 32.2. The first-order chi connectivity index (χ1) is 10.8. The molecule has 0 fully saturated rings. The fraction of sp³-hybridized carbons (Fsp3) is 0.294. The summed E-state index contributed by atoms with van der Waals surface area (Å²) >= 11 is 1.74. The normalized spacial score (nSPS) is 14.5. The Morgan fingerprint density at radius 1 is 1.09 bits per heavy atom. The Morgan fingerprint density at radius 2 is 1.95 bits per heavy atom. The zero-order chi connectivity index (χ0) is 15.2. The largest absolute Gasteiger partial charge is 0.341 e. The van der Waals surface area contributed by atoms with Crippen molar-refractivity contribution in [3.05, 3.63) is 65.7 Å². The van der Waals surface area contributed by atoms with Crippen molar-refractivity contribution in [2.75, 3.05) is 12.3 Å². The second-order valence-corrected chi connectivity index (χ2v) is 6.20. The molecule has 0 aliphatic carbocycles. The molecule has 114 valence electrons. The van der Waals surface area contributed by atoms with Crippen LogP contribution in [0.1, 0.15) is 17.7 Å². The van der Waals surface area contributed by atoms with Crippen LogP contribution < -0.4 is 0 Å². The van der Waals surface area contributed by atoms with E-state index in [0.29, 0.717) is 18.7 Å². The summed E-state index contributed by atoms with van der Waals surface area (Å²) in [7, 11) is 0. The predicted molar refractivity (Wildman–Crippen MR) is 89.3 cm³/mol. The minimum absolute atomic E-state index is 0.171. The van der Waals surface area contributed by atoms with Gasteiger partial charge in [-0.3, -0.25) is 9.98 Å². The number of aromatic nitrogens is 1. The van der Waals surface area contributed by atoms with Crippen molar-refractivity contribution in [3.63, 3.8) is 0 Å². The highest BCUT2D eigenvalue weighted by Gasteiger charge is 2.17. The van der Waals surface area contributed by atoms with Crippen molar-refractivity contribution in [3.8, 4) is 0 Å². The van der Waals surface area contributed by atoms with E-state index in [0.717, 1.165) is 29.6 Å². The molecule has 3 rings (SSSR count). The Labute approximate surface area is 134 Å². The molecule has 0 amide bonds. The lowest BCUT2D eigenvalue weighted by Gasteiger charge is -2.27. The Morgan fingerprint density at radius 3 is 2.68 bits per heavy atom. The average Bonchev–Trinajstić information content (AvgIpc) is 2.58. The van der Waals surface area contributed by atoms with Crippen molar-refractivity contribution in [1.82, 2.24) is 9.88 Å². The first-order valence-corrected chi connectivity index (χ1v) is 8.37. The topological polar surface area (TPSA) is 28.5 Å². The first kappa shape index (κ1) is 15.0. The quantitative estimate of drug-likeness (QED) is 0.861. The molecule has 1 aromatic heterocycles.